The van der Waals surface area contributed by atoms with Crippen molar-refractivity contribution in [3.8, 4) is 0 Å². The Bertz CT molecular complexity index is 562. The van der Waals surface area contributed by atoms with Gasteiger partial charge in [-0.1, -0.05) is 36.4 Å². The summed E-state index contributed by atoms with van der Waals surface area (Å²) in [5.41, 5.74) is 0.545. The van der Waals surface area contributed by atoms with Crippen LogP contribution in [0, 0.1) is 0 Å². The van der Waals surface area contributed by atoms with Gasteiger partial charge in [-0.2, -0.15) is 0 Å². The fourth-order valence-corrected chi connectivity index (χ4v) is 2.21. The monoisotopic (exact) mass is 332 g/mol. The summed E-state index contributed by atoms with van der Waals surface area (Å²) in [7, 11) is 1.92. The summed E-state index contributed by atoms with van der Waals surface area (Å²) in [4.78, 5) is 26.2. The van der Waals surface area contributed by atoms with Crippen molar-refractivity contribution in [2.24, 2.45) is 0 Å². The lowest BCUT2D eigenvalue weighted by atomic mass is 10.1. The van der Waals surface area contributed by atoms with Crippen LogP contribution in [0.4, 0.5) is 4.79 Å². The number of benzene rings is 1. The van der Waals surface area contributed by atoms with Crippen molar-refractivity contribution in [1.82, 2.24) is 10.2 Å². The van der Waals surface area contributed by atoms with Crippen LogP contribution in [0.25, 0.3) is 0 Å². The van der Waals surface area contributed by atoms with Gasteiger partial charge in [0.25, 0.3) is 0 Å². The number of ketones is 1. The lowest BCUT2D eigenvalue weighted by Crippen LogP contribution is -2.48. The third kappa shape index (κ3) is 7.92. The molecule has 0 aromatic heterocycles. The smallest absolute Gasteiger partial charge is 0.408 e. The van der Waals surface area contributed by atoms with Crippen LogP contribution in [-0.2, 0) is 16.1 Å². The van der Waals surface area contributed by atoms with E-state index in [1.165, 1.54) is 6.08 Å². The van der Waals surface area contributed by atoms with E-state index in [1.54, 1.807) is 33.8 Å². The molecule has 0 aliphatic carbocycles. The van der Waals surface area contributed by atoms with E-state index in [9.17, 15) is 9.59 Å². The Balaban J connectivity index is 2.71. The van der Waals surface area contributed by atoms with Gasteiger partial charge in [0, 0.05) is 13.1 Å². The predicted octanol–water partition coefficient (Wildman–Crippen LogP) is 3.16. The molecule has 132 valence electrons. The average Bonchev–Trinajstić information content (AvgIpc) is 2.45. The molecule has 0 saturated carbocycles. The first-order chi connectivity index (χ1) is 11.2. The molecule has 1 aromatic carbocycles. The van der Waals surface area contributed by atoms with E-state index in [-0.39, 0.29) is 5.78 Å². The molecule has 1 unspecified atom stereocenters. The number of rotatable bonds is 7. The van der Waals surface area contributed by atoms with Crippen molar-refractivity contribution in [3.05, 3.63) is 48.0 Å². The molecule has 1 amide bonds. The van der Waals surface area contributed by atoms with Gasteiger partial charge in [-0.15, -0.1) is 0 Å². The highest BCUT2D eigenvalue weighted by Crippen LogP contribution is 2.08. The van der Waals surface area contributed by atoms with Crippen molar-refractivity contribution in [1.29, 1.82) is 0 Å². The fraction of sp³-hybridized carbons (Fsp3) is 0.474. The first-order valence-corrected chi connectivity index (χ1v) is 8.10. The molecular formula is C19H28N2O3. The van der Waals surface area contributed by atoms with Gasteiger partial charge < -0.3 is 10.1 Å². The van der Waals surface area contributed by atoms with Gasteiger partial charge in [-0.3, -0.25) is 9.69 Å². The Morgan fingerprint density at radius 3 is 2.42 bits per heavy atom. The standard InChI is InChI=1S/C19H28N2O3/c1-6-10-17(22)16(20-18(23)24-19(2,3)4)14-21(5)13-15-11-8-7-9-12-15/h6-12,16H,13-14H2,1-5H3,(H,20,23)/b10-6+. The topological polar surface area (TPSA) is 58.6 Å². The lowest BCUT2D eigenvalue weighted by Gasteiger charge is -2.25. The zero-order valence-corrected chi connectivity index (χ0v) is 15.2. The number of nitrogens with zero attached hydrogens (tertiary/aromatic N) is 1. The highest BCUT2D eigenvalue weighted by Gasteiger charge is 2.24. The minimum Gasteiger partial charge on any atom is -0.444 e. The highest BCUT2D eigenvalue weighted by atomic mass is 16.6. The summed E-state index contributed by atoms with van der Waals surface area (Å²) >= 11 is 0. The minimum absolute atomic E-state index is 0.150. The molecule has 0 radical (unpaired) electrons. The van der Waals surface area contributed by atoms with E-state index in [2.05, 4.69) is 5.32 Å². The number of ether oxygens (including phenoxy) is 1. The zero-order chi connectivity index (χ0) is 18.2. The third-order valence-corrected chi connectivity index (χ3v) is 3.15. The van der Waals surface area contributed by atoms with E-state index in [0.717, 1.165) is 5.56 Å². The number of likely N-dealkylation sites (N-methyl/N-ethyl adjacent to an activating group) is 1. The summed E-state index contributed by atoms with van der Waals surface area (Å²) in [5.74, 6) is -0.150. The number of hydrogen-bond donors (Lipinski definition) is 1. The van der Waals surface area contributed by atoms with E-state index >= 15 is 0 Å². The van der Waals surface area contributed by atoms with E-state index in [1.807, 2.05) is 42.3 Å². The molecule has 1 N–H and O–H groups in total. The molecule has 0 aliphatic rings. The van der Waals surface area contributed by atoms with Crippen LogP contribution in [0.15, 0.2) is 42.5 Å². The fourth-order valence-electron chi connectivity index (χ4n) is 2.21. The van der Waals surface area contributed by atoms with Gasteiger partial charge in [-0.25, -0.2) is 4.79 Å². The molecule has 5 heteroatoms. The molecule has 24 heavy (non-hydrogen) atoms. The largest absolute Gasteiger partial charge is 0.444 e. The number of amides is 1. The molecule has 0 fully saturated rings. The number of carbonyl (C=O) groups is 2. The molecule has 5 nitrogen and oxygen atoms in total. The van der Waals surface area contributed by atoms with Gasteiger partial charge in [-0.05, 0) is 46.4 Å². The van der Waals surface area contributed by atoms with Gasteiger partial charge in [0.05, 0.1) is 0 Å². The second-order valence-electron chi connectivity index (χ2n) is 6.78. The SMILES string of the molecule is C/C=C/C(=O)C(CN(C)Cc1ccccc1)NC(=O)OC(C)(C)C. The van der Waals surface area contributed by atoms with Crippen molar-refractivity contribution >= 4 is 11.9 Å². The molecule has 1 rings (SSSR count). The Hall–Kier alpha value is -2.14. The van der Waals surface area contributed by atoms with Crippen LogP contribution >= 0.6 is 0 Å². The molecule has 0 saturated heterocycles. The van der Waals surface area contributed by atoms with Gasteiger partial charge in [0.2, 0.25) is 0 Å². The number of carbonyl (C=O) groups excluding carboxylic acids is 2. The summed E-state index contributed by atoms with van der Waals surface area (Å²) in [6.45, 7) is 8.23. The van der Waals surface area contributed by atoms with Gasteiger partial charge in [0.15, 0.2) is 5.78 Å². The quantitative estimate of drug-likeness (QED) is 0.779. The van der Waals surface area contributed by atoms with Gasteiger partial charge >= 0.3 is 6.09 Å². The summed E-state index contributed by atoms with van der Waals surface area (Å²) in [6, 6.07) is 9.33. The van der Waals surface area contributed by atoms with E-state index in [0.29, 0.717) is 13.1 Å². The molecule has 0 aliphatic heterocycles. The van der Waals surface area contributed by atoms with Crippen LogP contribution in [0.1, 0.15) is 33.3 Å². The molecular weight excluding hydrogens is 304 g/mol. The maximum absolute atomic E-state index is 12.2. The first kappa shape index (κ1) is 19.9. The number of nitrogens with one attached hydrogen (secondary N) is 1. The molecule has 1 atom stereocenters. The van der Waals surface area contributed by atoms with Crippen LogP contribution in [0.3, 0.4) is 0 Å². The first-order valence-electron chi connectivity index (χ1n) is 8.10. The van der Waals surface area contributed by atoms with E-state index in [4.69, 9.17) is 4.74 Å². The summed E-state index contributed by atoms with van der Waals surface area (Å²) < 4.78 is 5.25. The zero-order valence-electron chi connectivity index (χ0n) is 15.2. The normalized spacial score (nSPS) is 13.1. The second kappa shape index (κ2) is 9.23. The Labute approximate surface area is 144 Å². The Morgan fingerprint density at radius 1 is 1.25 bits per heavy atom. The van der Waals surface area contributed by atoms with Crippen LogP contribution in [-0.4, -0.2) is 42.0 Å². The molecule has 0 bridgehead atoms. The van der Waals surface area contributed by atoms with Crippen molar-refractivity contribution in [3.63, 3.8) is 0 Å². The number of hydrogen-bond acceptors (Lipinski definition) is 4. The van der Waals surface area contributed by atoms with Crippen LogP contribution < -0.4 is 5.32 Å². The van der Waals surface area contributed by atoms with Crippen molar-refractivity contribution in [2.75, 3.05) is 13.6 Å². The highest BCUT2D eigenvalue weighted by molar-refractivity contribution is 5.96. The van der Waals surface area contributed by atoms with Crippen molar-refractivity contribution in [2.45, 2.75) is 45.9 Å². The molecule has 1 aromatic rings. The number of allylic oxidation sites excluding steroid dienone is 1. The van der Waals surface area contributed by atoms with Crippen LogP contribution in [0.2, 0.25) is 0 Å². The lowest BCUT2D eigenvalue weighted by molar-refractivity contribution is -0.117. The van der Waals surface area contributed by atoms with Crippen LogP contribution in [0.5, 0.6) is 0 Å². The minimum atomic E-state index is -0.648. The van der Waals surface area contributed by atoms with E-state index < -0.39 is 17.7 Å². The number of alkyl carbamates (subject to hydrolysis) is 1. The Kier molecular flexibility index (Phi) is 7.65. The average molecular weight is 332 g/mol. The second-order valence-corrected chi connectivity index (χ2v) is 6.78. The van der Waals surface area contributed by atoms with Gasteiger partial charge in [0.1, 0.15) is 11.6 Å². The molecule has 0 heterocycles. The predicted molar refractivity (Wildman–Crippen MR) is 95.8 cm³/mol. The molecule has 0 spiro atoms. The van der Waals surface area contributed by atoms with Crippen molar-refractivity contribution < 1.29 is 14.3 Å². The maximum atomic E-state index is 12.2. The third-order valence-electron chi connectivity index (χ3n) is 3.15. The maximum Gasteiger partial charge on any atom is 0.408 e. The summed E-state index contributed by atoms with van der Waals surface area (Å²) in [6.07, 6.45) is 2.56. The Morgan fingerprint density at radius 2 is 1.88 bits per heavy atom. The summed E-state index contributed by atoms with van der Waals surface area (Å²) in [5, 5.41) is 2.67.